The highest BCUT2D eigenvalue weighted by Gasteiger charge is 2.29. The molecule has 1 aromatic carbocycles. The molecule has 0 aliphatic carbocycles. The smallest absolute Gasteiger partial charge is 0.318 e. The first kappa shape index (κ1) is 12.7. The van der Waals surface area contributed by atoms with Crippen molar-refractivity contribution in [2.75, 3.05) is 20.2 Å². The molecule has 1 aliphatic rings. The molecule has 0 spiro atoms. The zero-order valence-corrected chi connectivity index (χ0v) is 11.4. The number of ether oxygens (including phenoxy) is 1. The van der Waals surface area contributed by atoms with Gasteiger partial charge >= 0.3 is 6.03 Å². The minimum absolute atomic E-state index is 0.0235. The van der Waals surface area contributed by atoms with Crippen molar-refractivity contribution in [3.8, 4) is 5.75 Å². The Morgan fingerprint density at radius 2 is 2.11 bits per heavy atom. The van der Waals surface area contributed by atoms with E-state index in [4.69, 9.17) is 4.74 Å². The number of aryl methyl sites for hydroxylation is 2. The topological polar surface area (TPSA) is 41.6 Å². The number of amides is 2. The summed E-state index contributed by atoms with van der Waals surface area (Å²) in [6, 6.07) is 4.25. The Labute approximate surface area is 108 Å². The number of nitrogens with one attached hydrogen (secondary N) is 1. The second-order valence-corrected chi connectivity index (χ2v) is 4.72. The number of carbonyl (C=O) groups excluding carboxylic acids is 1. The first-order chi connectivity index (χ1) is 8.56. The van der Waals surface area contributed by atoms with Gasteiger partial charge in [0.05, 0.1) is 13.2 Å². The van der Waals surface area contributed by atoms with E-state index in [0.717, 1.165) is 30.0 Å². The van der Waals surface area contributed by atoms with Crippen LogP contribution in [-0.4, -0.2) is 31.1 Å². The minimum atomic E-state index is 0.0235. The van der Waals surface area contributed by atoms with Crippen molar-refractivity contribution >= 4 is 6.03 Å². The highest BCUT2D eigenvalue weighted by molar-refractivity contribution is 5.77. The molecule has 1 saturated heterocycles. The molecule has 1 atom stereocenters. The number of methoxy groups -OCH3 is 1. The third-order valence-electron chi connectivity index (χ3n) is 3.53. The van der Waals surface area contributed by atoms with Crippen molar-refractivity contribution in [2.45, 2.75) is 26.8 Å². The van der Waals surface area contributed by atoms with Crippen LogP contribution in [0.3, 0.4) is 0 Å². The summed E-state index contributed by atoms with van der Waals surface area (Å²) in [6.07, 6.45) is 0. The Hall–Kier alpha value is -1.71. The molecule has 1 unspecified atom stereocenters. The summed E-state index contributed by atoms with van der Waals surface area (Å²) in [4.78, 5) is 13.5. The molecule has 1 aromatic rings. The Morgan fingerprint density at radius 3 is 2.67 bits per heavy atom. The number of hydrogen-bond donors (Lipinski definition) is 1. The van der Waals surface area contributed by atoms with Gasteiger partial charge in [-0.2, -0.15) is 0 Å². The lowest BCUT2D eigenvalue weighted by atomic mass is 9.98. The van der Waals surface area contributed by atoms with Gasteiger partial charge in [-0.1, -0.05) is 6.07 Å². The zero-order valence-electron chi connectivity index (χ0n) is 11.4. The highest BCUT2D eigenvalue weighted by atomic mass is 16.5. The third kappa shape index (κ3) is 2.15. The van der Waals surface area contributed by atoms with Crippen LogP contribution in [0, 0.1) is 13.8 Å². The van der Waals surface area contributed by atoms with Gasteiger partial charge in [-0.05, 0) is 43.5 Å². The fraction of sp³-hybridized carbons (Fsp3) is 0.500. The van der Waals surface area contributed by atoms with Crippen LogP contribution in [0.4, 0.5) is 4.79 Å². The standard InChI is InChI=1S/C14H20N2O2/c1-5-16-8-12(15-14(16)17)11-6-10(3)13(18-4)7-9(11)2/h6-7,12H,5,8H2,1-4H3,(H,15,17). The van der Waals surface area contributed by atoms with Crippen LogP contribution in [0.15, 0.2) is 12.1 Å². The van der Waals surface area contributed by atoms with Crippen LogP contribution in [0.1, 0.15) is 29.7 Å². The molecule has 1 fully saturated rings. The van der Waals surface area contributed by atoms with Gasteiger partial charge in [-0.25, -0.2) is 4.79 Å². The Bertz CT molecular complexity index is 471. The molecule has 1 heterocycles. The summed E-state index contributed by atoms with van der Waals surface area (Å²) in [7, 11) is 1.68. The van der Waals surface area contributed by atoms with Gasteiger partial charge in [-0.3, -0.25) is 0 Å². The lowest BCUT2D eigenvalue weighted by molar-refractivity contribution is 0.219. The molecule has 2 amide bonds. The third-order valence-corrected chi connectivity index (χ3v) is 3.53. The maximum Gasteiger partial charge on any atom is 0.318 e. The Morgan fingerprint density at radius 1 is 1.39 bits per heavy atom. The molecule has 1 aliphatic heterocycles. The van der Waals surface area contributed by atoms with E-state index in [2.05, 4.69) is 18.3 Å². The summed E-state index contributed by atoms with van der Waals surface area (Å²) in [5.74, 6) is 0.896. The summed E-state index contributed by atoms with van der Waals surface area (Å²) < 4.78 is 5.31. The highest BCUT2D eigenvalue weighted by Crippen LogP contribution is 2.29. The molecule has 4 nitrogen and oxygen atoms in total. The first-order valence-electron chi connectivity index (χ1n) is 6.27. The van der Waals surface area contributed by atoms with Crippen molar-refractivity contribution < 1.29 is 9.53 Å². The van der Waals surface area contributed by atoms with Crippen molar-refractivity contribution in [3.63, 3.8) is 0 Å². The van der Waals surface area contributed by atoms with E-state index in [1.54, 1.807) is 7.11 Å². The summed E-state index contributed by atoms with van der Waals surface area (Å²) in [6.45, 7) is 7.56. The average molecular weight is 248 g/mol. The fourth-order valence-electron chi connectivity index (χ4n) is 2.45. The molecule has 4 heteroatoms. The monoisotopic (exact) mass is 248 g/mol. The molecule has 0 aromatic heterocycles. The minimum Gasteiger partial charge on any atom is -0.496 e. The molecule has 0 saturated carbocycles. The molecule has 18 heavy (non-hydrogen) atoms. The van der Waals surface area contributed by atoms with Crippen LogP contribution in [0.5, 0.6) is 5.75 Å². The second-order valence-electron chi connectivity index (χ2n) is 4.72. The fourth-order valence-corrected chi connectivity index (χ4v) is 2.45. The van der Waals surface area contributed by atoms with Gasteiger partial charge in [-0.15, -0.1) is 0 Å². The maximum atomic E-state index is 11.7. The molecular weight excluding hydrogens is 228 g/mol. The molecular formula is C14H20N2O2. The van der Waals surface area contributed by atoms with Crippen LogP contribution in [0.2, 0.25) is 0 Å². The van der Waals surface area contributed by atoms with Crippen molar-refractivity contribution in [1.29, 1.82) is 0 Å². The molecule has 0 radical (unpaired) electrons. The van der Waals surface area contributed by atoms with Crippen LogP contribution in [-0.2, 0) is 0 Å². The molecule has 2 rings (SSSR count). The average Bonchev–Trinajstić information content (AvgIpc) is 2.72. The van der Waals surface area contributed by atoms with E-state index in [-0.39, 0.29) is 12.1 Å². The van der Waals surface area contributed by atoms with Crippen LogP contribution < -0.4 is 10.1 Å². The Balaban J connectivity index is 2.30. The van der Waals surface area contributed by atoms with Gasteiger partial charge in [0.15, 0.2) is 0 Å². The number of urea groups is 1. The molecule has 0 bridgehead atoms. The number of nitrogens with zero attached hydrogens (tertiary/aromatic N) is 1. The predicted octanol–water partition coefficient (Wildman–Crippen LogP) is 2.40. The SMILES string of the molecule is CCN1CC(c2cc(C)c(OC)cc2C)NC1=O. The van der Waals surface area contributed by atoms with E-state index >= 15 is 0 Å². The largest absolute Gasteiger partial charge is 0.496 e. The summed E-state index contributed by atoms with van der Waals surface area (Å²) in [5.41, 5.74) is 3.43. The van der Waals surface area contributed by atoms with E-state index in [1.165, 1.54) is 5.56 Å². The number of benzene rings is 1. The van der Waals surface area contributed by atoms with Gasteiger partial charge in [0.25, 0.3) is 0 Å². The van der Waals surface area contributed by atoms with Crippen molar-refractivity contribution in [2.24, 2.45) is 0 Å². The zero-order chi connectivity index (χ0) is 13.3. The predicted molar refractivity (Wildman–Crippen MR) is 71.0 cm³/mol. The summed E-state index contributed by atoms with van der Waals surface area (Å²) in [5, 5.41) is 3.02. The quantitative estimate of drug-likeness (QED) is 0.892. The first-order valence-corrected chi connectivity index (χ1v) is 6.27. The lowest BCUT2D eigenvalue weighted by Gasteiger charge is -2.16. The van der Waals surface area contributed by atoms with Gasteiger partial charge in [0.2, 0.25) is 0 Å². The van der Waals surface area contributed by atoms with Crippen molar-refractivity contribution in [3.05, 3.63) is 28.8 Å². The van der Waals surface area contributed by atoms with E-state index in [0.29, 0.717) is 0 Å². The second kappa shape index (κ2) is 4.88. The van der Waals surface area contributed by atoms with E-state index < -0.39 is 0 Å². The summed E-state index contributed by atoms with van der Waals surface area (Å²) >= 11 is 0. The van der Waals surface area contributed by atoms with Crippen LogP contribution >= 0.6 is 0 Å². The van der Waals surface area contributed by atoms with Gasteiger partial charge < -0.3 is 15.0 Å². The number of rotatable bonds is 3. The van der Waals surface area contributed by atoms with Crippen LogP contribution in [0.25, 0.3) is 0 Å². The normalized spacial score (nSPS) is 19.0. The number of hydrogen-bond acceptors (Lipinski definition) is 2. The van der Waals surface area contributed by atoms with E-state index in [1.807, 2.05) is 24.8 Å². The number of likely N-dealkylation sites (N-methyl/N-ethyl adjacent to an activating group) is 1. The lowest BCUT2D eigenvalue weighted by Crippen LogP contribution is -2.27. The molecule has 98 valence electrons. The van der Waals surface area contributed by atoms with Crippen molar-refractivity contribution in [1.82, 2.24) is 10.2 Å². The molecule has 1 N–H and O–H groups in total. The van der Waals surface area contributed by atoms with E-state index in [9.17, 15) is 4.79 Å². The Kier molecular flexibility index (Phi) is 3.45. The van der Waals surface area contributed by atoms with Gasteiger partial charge in [0.1, 0.15) is 5.75 Å². The number of carbonyl (C=O) groups is 1. The van der Waals surface area contributed by atoms with Gasteiger partial charge in [0, 0.05) is 13.1 Å². The maximum absolute atomic E-state index is 11.7.